The molecule has 17 heavy (non-hydrogen) atoms. The number of hydrogen-bond donors (Lipinski definition) is 1. The Bertz CT molecular complexity index is 393. The van der Waals surface area contributed by atoms with Gasteiger partial charge in [-0.3, -0.25) is 0 Å². The zero-order valence-electron chi connectivity index (χ0n) is 9.80. The predicted molar refractivity (Wildman–Crippen MR) is 65.1 cm³/mol. The molecule has 0 spiro atoms. The first-order valence-corrected chi connectivity index (χ1v) is 5.24. The Morgan fingerprint density at radius 2 is 2.47 bits per heavy atom. The van der Waals surface area contributed by atoms with Crippen molar-refractivity contribution in [2.75, 3.05) is 31.7 Å². The first-order chi connectivity index (χ1) is 8.22. The molecule has 0 fully saturated rings. The summed E-state index contributed by atoms with van der Waals surface area (Å²) >= 11 is 0. The lowest BCUT2D eigenvalue weighted by Crippen LogP contribution is -2.27. The van der Waals surface area contributed by atoms with Gasteiger partial charge in [-0.2, -0.15) is 0 Å². The van der Waals surface area contributed by atoms with Gasteiger partial charge in [0.15, 0.2) is 0 Å². The van der Waals surface area contributed by atoms with Crippen LogP contribution in [0.5, 0.6) is 0 Å². The number of ether oxygens (including phenoxy) is 1. The van der Waals surface area contributed by atoms with E-state index in [9.17, 15) is 4.79 Å². The van der Waals surface area contributed by atoms with Crippen LogP contribution in [-0.2, 0) is 4.74 Å². The van der Waals surface area contributed by atoms with Crippen LogP contribution in [0.15, 0.2) is 31.0 Å². The molecule has 0 aliphatic heterocycles. The second-order valence-electron chi connectivity index (χ2n) is 3.35. The molecule has 0 saturated heterocycles. The number of esters is 1. The number of aliphatic hydroxyl groups is 1. The third-order valence-electron chi connectivity index (χ3n) is 2.22. The number of carbonyl (C=O) groups excluding carboxylic acids is 1. The molecule has 92 valence electrons. The molecule has 0 aliphatic carbocycles. The molecule has 1 N–H and O–H groups in total. The molecule has 0 saturated carbocycles. The van der Waals surface area contributed by atoms with Gasteiger partial charge in [0.1, 0.15) is 5.69 Å². The summed E-state index contributed by atoms with van der Waals surface area (Å²) in [5.41, 5.74) is 1.05. The third kappa shape index (κ3) is 3.57. The van der Waals surface area contributed by atoms with E-state index in [1.807, 2.05) is 4.90 Å². The Balaban J connectivity index is 2.94. The second kappa shape index (κ2) is 6.65. The normalized spacial score (nSPS) is 9.76. The number of carbonyl (C=O) groups is 1. The van der Waals surface area contributed by atoms with Crippen LogP contribution in [0.4, 0.5) is 5.69 Å². The summed E-state index contributed by atoms with van der Waals surface area (Å²) in [7, 11) is 1.31. The molecule has 5 heteroatoms. The van der Waals surface area contributed by atoms with Crippen molar-refractivity contribution in [2.24, 2.45) is 0 Å². The average Bonchev–Trinajstić information content (AvgIpc) is 2.37. The average molecular weight is 236 g/mol. The number of pyridine rings is 1. The van der Waals surface area contributed by atoms with Crippen molar-refractivity contribution in [3.05, 3.63) is 36.7 Å². The highest BCUT2D eigenvalue weighted by Gasteiger charge is 2.10. The van der Waals surface area contributed by atoms with Gasteiger partial charge in [-0.1, -0.05) is 6.08 Å². The number of anilines is 1. The summed E-state index contributed by atoms with van der Waals surface area (Å²) in [5.74, 6) is -0.477. The first kappa shape index (κ1) is 13.2. The lowest BCUT2D eigenvalue weighted by molar-refractivity contribution is 0.0594. The number of rotatable bonds is 6. The van der Waals surface area contributed by atoms with E-state index < -0.39 is 5.97 Å². The van der Waals surface area contributed by atoms with Gasteiger partial charge < -0.3 is 14.7 Å². The van der Waals surface area contributed by atoms with Crippen LogP contribution in [-0.4, -0.2) is 42.9 Å². The van der Waals surface area contributed by atoms with E-state index in [2.05, 4.69) is 16.3 Å². The van der Waals surface area contributed by atoms with E-state index in [1.54, 1.807) is 18.2 Å². The summed E-state index contributed by atoms with van der Waals surface area (Å²) < 4.78 is 4.60. The molecule has 1 rings (SSSR count). The van der Waals surface area contributed by atoms with Crippen molar-refractivity contribution in [1.29, 1.82) is 0 Å². The van der Waals surface area contributed by atoms with Crippen LogP contribution in [0, 0.1) is 0 Å². The minimum Gasteiger partial charge on any atom is -0.464 e. The minimum atomic E-state index is -0.477. The fourth-order valence-electron chi connectivity index (χ4n) is 1.43. The van der Waals surface area contributed by atoms with Crippen molar-refractivity contribution >= 4 is 11.7 Å². The zero-order chi connectivity index (χ0) is 12.7. The topological polar surface area (TPSA) is 62.7 Å². The van der Waals surface area contributed by atoms with E-state index >= 15 is 0 Å². The standard InChI is InChI=1S/C12H16N2O3/c1-3-6-14(7-8-15)10-4-5-13-11(9-10)12(16)17-2/h3-5,9,15H,1,6-8H2,2H3. The predicted octanol–water partition coefficient (Wildman–Crippen LogP) is 0.853. The fraction of sp³-hybridized carbons (Fsp3) is 0.333. The van der Waals surface area contributed by atoms with Crippen LogP contribution < -0.4 is 4.90 Å². The Morgan fingerprint density at radius 1 is 1.71 bits per heavy atom. The van der Waals surface area contributed by atoms with Gasteiger partial charge in [0.2, 0.25) is 0 Å². The van der Waals surface area contributed by atoms with Gasteiger partial charge >= 0.3 is 5.97 Å². The van der Waals surface area contributed by atoms with E-state index in [0.29, 0.717) is 13.1 Å². The number of aliphatic hydroxyl groups excluding tert-OH is 1. The van der Waals surface area contributed by atoms with Crippen molar-refractivity contribution in [3.63, 3.8) is 0 Å². The maximum Gasteiger partial charge on any atom is 0.356 e. The molecular weight excluding hydrogens is 220 g/mol. The number of hydrogen-bond acceptors (Lipinski definition) is 5. The number of aromatic nitrogens is 1. The molecule has 1 heterocycles. The summed E-state index contributed by atoms with van der Waals surface area (Å²) in [5, 5.41) is 8.97. The summed E-state index contributed by atoms with van der Waals surface area (Å²) in [4.78, 5) is 17.1. The van der Waals surface area contributed by atoms with Gasteiger partial charge in [-0.15, -0.1) is 6.58 Å². The quantitative estimate of drug-likeness (QED) is 0.586. The van der Waals surface area contributed by atoms with Gasteiger partial charge in [-0.05, 0) is 12.1 Å². The Hall–Kier alpha value is -1.88. The third-order valence-corrected chi connectivity index (χ3v) is 2.22. The molecule has 0 aliphatic rings. The molecule has 5 nitrogen and oxygen atoms in total. The van der Waals surface area contributed by atoms with E-state index in [1.165, 1.54) is 13.3 Å². The van der Waals surface area contributed by atoms with E-state index in [4.69, 9.17) is 5.11 Å². The monoisotopic (exact) mass is 236 g/mol. The molecule has 1 aromatic heterocycles. The first-order valence-electron chi connectivity index (χ1n) is 5.24. The highest BCUT2D eigenvalue weighted by Crippen LogP contribution is 2.14. The van der Waals surface area contributed by atoms with Gasteiger partial charge in [0, 0.05) is 25.0 Å². The highest BCUT2D eigenvalue weighted by molar-refractivity contribution is 5.88. The lowest BCUT2D eigenvalue weighted by atomic mass is 10.3. The Kier molecular flexibility index (Phi) is 5.16. The SMILES string of the molecule is C=CCN(CCO)c1ccnc(C(=O)OC)c1. The van der Waals surface area contributed by atoms with E-state index in [0.717, 1.165) is 5.69 Å². The van der Waals surface area contributed by atoms with Crippen LogP contribution in [0.2, 0.25) is 0 Å². The van der Waals surface area contributed by atoms with Crippen molar-refractivity contribution in [2.45, 2.75) is 0 Å². The maximum atomic E-state index is 11.3. The summed E-state index contributed by atoms with van der Waals surface area (Å²) in [6, 6.07) is 3.40. The Labute approximate surface area is 100 Å². The number of nitrogens with zero attached hydrogens (tertiary/aromatic N) is 2. The van der Waals surface area contributed by atoms with E-state index in [-0.39, 0.29) is 12.3 Å². The molecule has 0 bridgehead atoms. The molecule has 1 aromatic rings. The number of methoxy groups -OCH3 is 1. The largest absolute Gasteiger partial charge is 0.464 e. The molecule has 0 aromatic carbocycles. The molecule has 0 amide bonds. The maximum absolute atomic E-state index is 11.3. The Morgan fingerprint density at radius 3 is 3.06 bits per heavy atom. The molecule has 0 unspecified atom stereocenters. The van der Waals surface area contributed by atoms with Gasteiger partial charge in [0.25, 0.3) is 0 Å². The smallest absolute Gasteiger partial charge is 0.356 e. The molecule has 0 radical (unpaired) electrons. The highest BCUT2D eigenvalue weighted by atomic mass is 16.5. The van der Waals surface area contributed by atoms with Gasteiger partial charge in [0.05, 0.1) is 13.7 Å². The summed E-state index contributed by atoms with van der Waals surface area (Å²) in [6.07, 6.45) is 3.27. The van der Waals surface area contributed by atoms with Crippen molar-refractivity contribution in [3.8, 4) is 0 Å². The van der Waals surface area contributed by atoms with Crippen LogP contribution in [0.3, 0.4) is 0 Å². The van der Waals surface area contributed by atoms with Crippen molar-refractivity contribution in [1.82, 2.24) is 4.98 Å². The summed E-state index contributed by atoms with van der Waals surface area (Å²) in [6.45, 7) is 4.74. The van der Waals surface area contributed by atoms with Gasteiger partial charge in [-0.25, -0.2) is 9.78 Å². The van der Waals surface area contributed by atoms with Crippen molar-refractivity contribution < 1.29 is 14.6 Å². The van der Waals surface area contributed by atoms with Crippen LogP contribution in [0.25, 0.3) is 0 Å². The lowest BCUT2D eigenvalue weighted by Gasteiger charge is -2.22. The van der Waals surface area contributed by atoms with Crippen LogP contribution >= 0.6 is 0 Å². The van der Waals surface area contributed by atoms with Crippen LogP contribution in [0.1, 0.15) is 10.5 Å². The fourth-order valence-corrected chi connectivity index (χ4v) is 1.43. The molecular formula is C12H16N2O3. The zero-order valence-corrected chi connectivity index (χ0v) is 9.80. The second-order valence-corrected chi connectivity index (χ2v) is 3.35. The minimum absolute atomic E-state index is 0.0315. The molecule has 0 atom stereocenters.